The standard InChI is InChI=1S/C16H17Cl2N3O3/c1-10-8-13(16(24)20(2)7-3-4-15(22)23)19-21(10)14-6-5-11(17)9-12(14)18/h5-6,8-9H,3-4,7H2,1-2H3,(H,22,23). The maximum Gasteiger partial charge on any atom is 0.303 e. The molecule has 1 aromatic carbocycles. The Kier molecular flexibility index (Phi) is 5.85. The van der Waals surface area contributed by atoms with Gasteiger partial charge in [-0.05, 0) is 37.6 Å². The Morgan fingerprint density at radius 2 is 2.00 bits per heavy atom. The second-order valence-electron chi connectivity index (χ2n) is 5.40. The van der Waals surface area contributed by atoms with Gasteiger partial charge in [0, 0.05) is 30.7 Å². The number of nitrogens with zero attached hydrogens (tertiary/aromatic N) is 3. The molecule has 0 bridgehead atoms. The zero-order chi connectivity index (χ0) is 17.9. The van der Waals surface area contributed by atoms with E-state index in [1.54, 1.807) is 36.0 Å². The fourth-order valence-corrected chi connectivity index (χ4v) is 2.73. The molecule has 0 fully saturated rings. The first-order valence-electron chi connectivity index (χ1n) is 7.29. The topological polar surface area (TPSA) is 75.4 Å². The van der Waals surface area contributed by atoms with Crippen molar-refractivity contribution < 1.29 is 14.7 Å². The number of carbonyl (C=O) groups excluding carboxylic acids is 1. The van der Waals surface area contributed by atoms with E-state index in [0.717, 1.165) is 5.69 Å². The van der Waals surface area contributed by atoms with E-state index in [9.17, 15) is 9.59 Å². The monoisotopic (exact) mass is 369 g/mol. The average Bonchev–Trinajstić information content (AvgIpc) is 2.87. The first kappa shape index (κ1) is 18.3. The minimum absolute atomic E-state index is 0.0193. The van der Waals surface area contributed by atoms with Crippen LogP contribution in [0.15, 0.2) is 24.3 Å². The van der Waals surface area contributed by atoms with Crippen LogP contribution in [0.25, 0.3) is 5.69 Å². The van der Waals surface area contributed by atoms with Crippen LogP contribution in [-0.4, -0.2) is 45.3 Å². The molecule has 0 radical (unpaired) electrons. The highest BCUT2D eigenvalue weighted by atomic mass is 35.5. The minimum Gasteiger partial charge on any atom is -0.481 e. The van der Waals surface area contributed by atoms with Gasteiger partial charge in [-0.15, -0.1) is 0 Å². The number of aromatic nitrogens is 2. The van der Waals surface area contributed by atoms with Crippen molar-refractivity contribution >= 4 is 35.1 Å². The number of benzene rings is 1. The smallest absolute Gasteiger partial charge is 0.303 e. The van der Waals surface area contributed by atoms with Crippen LogP contribution in [0, 0.1) is 6.92 Å². The van der Waals surface area contributed by atoms with Gasteiger partial charge in [0.15, 0.2) is 5.69 Å². The number of hydrogen-bond acceptors (Lipinski definition) is 3. The number of aryl methyl sites for hydroxylation is 1. The average molecular weight is 370 g/mol. The quantitative estimate of drug-likeness (QED) is 0.846. The van der Waals surface area contributed by atoms with Crippen LogP contribution in [0.3, 0.4) is 0 Å². The highest BCUT2D eigenvalue weighted by Crippen LogP contribution is 2.25. The molecule has 0 atom stereocenters. The lowest BCUT2D eigenvalue weighted by molar-refractivity contribution is -0.137. The lowest BCUT2D eigenvalue weighted by atomic mass is 10.2. The van der Waals surface area contributed by atoms with Gasteiger partial charge in [-0.1, -0.05) is 23.2 Å². The lowest BCUT2D eigenvalue weighted by Gasteiger charge is -2.14. The van der Waals surface area contributed by atoms with E-state index in [1.807, 2.05) is 6.92 Å². The maximum absolute atomic E-state index is 12.4. The molecule has 24 heavy (non-hydrogen) atoms. The van der Waals surface area contributed by atoms with Crippen molar-refractivity contribution in [1.29, 1.82) is 0 Å². The van der Waals surface area contributed by atoms with Crippen LogP contribution in [-0.2, 0) is 4.79 Å². The number of hydrogen-bond donors (Lipinski definition) is 1. The number of carboxylic acid groups (broad SMARTS) is 1. The van der Waals surface area contributed by atoms with Gasteiger partial charge in [0.25, 0.3) is 5.91 Å². The summed E-state index contributed by atoms with van der Waals surface area (Å²) in [4.78, 5) is 24.4. The van der Waals surface area contributed by atoms with Gasteiger partial charge in [0.1, 0.15) is 0 Å². The number of amides is 1. The van der Waals surface area contributed by atoms with Gasteiger partial charge in [-0.3, -0.25) is 9.59 Å². The Balaban J connectivity index is 2.18. The molecule has 0 saturated heterocycles. The summed E-state index contributed by atoms with van der Waals surface area (Å²) in [5.74, 6) is -1.15. The Morgan fingerprint density at radius 1 is 1.29 bits per heavy atom. The minimum atomic E-state index is -0.881. The molecule has 1 amide bonds. The molecule has 0 spiro atoms. The van der Waals surface area contributed by atoms with E-state index in [0.29, 0.717) is 28.7 Å². The summed E-state index contributed by atoms with van der Waals surface area (Å²) in [6.07, 6.45) is 0.408. The molecule has 0 aliphatic carbocycles. The fraction of sp³-hybridized carbons (Fsp3) is 0.312. The van der Waals surface area contributed by atoms with E-state index in [4.69, 9.17) is 28.3 Å². The van der Waals surface area contributed by atoms with Gasteiger partial charge in [0.05, 0.1) is 10.7 Å². The Morgan fingerprint density at radius 3 is 2.62 bits per heavy atom. The first-order chi connectivity index (χ1) is 11.3. The summed E-state index contributed by atoms with van der Waals surface area (Å²) >= 11 is 12.1. The van der Waals surface area contributed by atoms with Crippen LogP contribution in [0.4, 0.5) is 0 Å². The number of aliphatic carboxylic acids is 1. The van der Waals surface area contributed by atoms with Gasteiger partial charge in [-0.25, -0.2) is 4.68 Å². The predicted octanol–water partition coefficient (Wildman–Crippen LogP) is 3.42. The zero-order valence-electron chi connectivity index (χ0n) is 13.3. The van der Waals surface area contributed by atoms with E-state index >= 15 is 0 Å². The van der Waals surface area contributed by atoms with Gasteiger partial charge >= 0.3 is 5.97 Å². The number of halogens is 2. The third kappa shape index (κ3) is 4.27. The van der Waals surface area contributed by atoms with Gasteiger partial charge < -0.3 is 10.0 Å². The van der Waals surface area contributed by atoms with Crippen LogP contribution in [0.5, 0.6) is 0 Å². The van der Waals surface area contributed by atoms with Crippen molar-refractivity contribution in [2.75, 3.05) is 13.6 Å². The Hall–Kier alpha value is -2.05. The lowest BCUT2D eigenvalue weighted by Crippen LogP contribution is -2.28. The molecule has 0 saturated carbocycles. The summed E-state index contributed by atoms with van der Waals surface area (Å²) in [6.45, 7) is 2.16. The van der Waals surface area contributed by atoms with E-state index in [2.05, 4.69) is 5.10 Å². The van der Waals surface area contributed by atoms with Crippen molar-refractivity contribution in [1.82, 2.24) is 14.7 Å². The summed E-state index contributed by atoms with van der Waals surface area (Å²) in [5, 5.41) is 13.9. The Labute approximate surface area is 149 Å². The molecule has 1 N–H and O–H groups in total. The van der Waals surface area contributed by atoms with Crippen molar-refractivity contribution in [2.45, 2.75) is 19.8 Å². The van der Waals surface area contributed by atoms with Crippen LogP contribution in [0.1, 0.15) is 29.0 Å². The molecule has 128 valence electrons. The molecule has 0 unspecified atom stereocenters. The molecule has 8 heteroatoms. The van der Waals surface area contributed by atoms with Gasteiger partial charge in [0.2, 0.25) is 0 Å². The van der Waals surface area contributed by atoms with Crippen LogP contribution >= 0.6 is 23.2 Å². The van der Waals surface area contributed by atoms with Crippen molar-refractivity contribution in [3.63, 3.8) is 0 Å². The third-order valence-corrected chi connectivity index (χ3v) is 4.01. The van der Waals surface area contributed by atoms with E-state index < -0.39 is 5.97 Å². The SMILES string of the molecule is Cc1cc(C(=O)N(C)CCCC(=O)O)nn1-c1ccc(Cl)cc1Cl. The summed E-state index contributed by atoms with van der Waals surface area (Å²) in [6, 6.07) is 6.71. The maximum atomic E-state index is 12.4. The second-order valence-corrected chi connectivity index (χ2v) is 6.25. The van der Waals surface area contributed by atoms with E-state index in [-0.39, 0.29) is 18.0 Å². The summed E-state index contributed by atoms with van der Waals surface area (Å²) in [5.41, 5.74) is 1.66. The number of carboxylic acids is 1. The normalized spacial score (nSPS) is 10.7. The summed E-state index contributed by atoms with van der Waals surface area (Å²) in [7, 11) is 1.62. The highest BCUT2D eigenvalue weighted by molar-refractivity contribution is 6.35. The predicted molar refractivity (Wildman–Crippen MR) is 92.2 cm³/mol. The molecule has 0 aliphatic heterocycles. The highest BCUT2D eigenvalue weighted by Gasteiger charge is 2.18. The van der Waals surface area contributed by atoms with Crippen LogP contribution < -0.4 is 0 Å². The molecule has 0 aliphatic rings. The number of carbonyl (C=O) groups is 2. The van der Waals surface area contributed by atoms with Gasteiger partial charge in [-0.2, -0.15) is 5.10 Å². The van der Waals surface area contributed by atoms with Crippen molar-refractivity contribution in [3.05, 3.63) is 45.7 Å². The molecule has 2 rings (SSSR count). The third-order valence-electron chi connectivity index (χ3n) is 3.48. The fourth-order valence-electron chi connectivity index (χ4n) is 2.24. The van der Waals surface area contributed by atoms with E-state index in [1.165, 1.54) is 4.90 Å². The van der Waals surface area contributed by atoms with Crippen molar-refractivity contribution in [2.24, 2.45) is 0 Å². The first-order valence-corrected chi connectivity index (χ1v) is 8.04. The molecular formula is C16H17Cl2N3O3. The molecule has 1 aromatic heterocycles. The zero-order valence-corrected chi connectivity index (χ0v) is 14.8. The Bertz CT molecular complexity index is 774. The number of rotatable bonds is 6. The molecule has 2 aromatic rings. The largest absolute Gasteiger partial charge is 0.481 e. The molecule has 1 heterocycles. The van der Waals surface area contributed by atoms with Crippen molar-refractivity contribution in [3.8, 4) is 5.69 Å². The van der Waals surface area contributed by atoms with Crippen LogP contribution in [0.2, 0.25) is 10.0 Å². The second kappa shape index (κ2) is 7.68. The summed E-state index contributed by atoms with van der Waals surface area (Å²) < 4.78 is 1.58. The molecular weight excluding hydrogens is 353 g/mol. The molecule has 6 nitrogen and oxygen atoms in total.